The Morgan fingerprint density at radius 3 is 2.26 bits per heavy atom. The smallest absolute Gasteiger partial charge is 0.246 e. The van der Waals surface area contributed by atoms with Gasteiger partial charge < -0.3 is 35.4 Å². The monoisotopic (exact) mass is 783 g/mol. The fourth-order valence-electron chi connectivity index (χ4n) is 7.79. The summed E-state index contributed by atoms with van der Waals surface area (Å²) in [6.45, 7) is 12.0. The van der Waals surface area contributed by atoms with Crippen LogP contribution in [0.2, 0.25) is 0 Å². The largest absolute Gasteiger partial charge is 0.361 e. The van der Waals surface area contributed by atoms with E-state index in [9.17, 15) is 24.0 Å². The highest BCUT2D eigenvalue weighted by atomic mass is 16.6. The van der Waals surface area contributed by atoms with Gasteiger partial charge in [-0.3, -0.25) is 28.9 Å². The number of likely N-dealkylation sites (tertiary alicyclic amines) is 1. The highest BCUT2D eigenvalue weighted by molar-refractivity contribution is 5.99. The van der Waals surface area contributed by atoms with Crippen molar-refractivity contribution in [3.8, 4) is 0 Å². The quantitative estimate of drug-likeness (QED) is 0.132. The molecule has 3 aromatic rings. The van der Waals surface area contributed by atoms with Gasteiger partial charge in [-0.2, -0.15) is 0 Å². The number of Topliss-reactive ketones (excluding diaryl/α,β-unsaturated/α-hetero) is 1. The summed E-state index contributed by atoms with van der Waals surface area (Å²) in [7, 11) is 0. The Balaban J connectivity index is 1.15. The van der Waals surface area contributed by atoms with Crippen LogP contribution < -0.4 is 21.3 Å². The summed E-state index contributed by atoms with van der Waals surface area (Å²) >= 11 is 0. The number of epoxide rings is 1. The van der Waals surface area contributed by atoms with Crippen LogP contribution in [-0.2, 0) is 54.5 Å². The first-order chi connectivity index (χ1) is 27.4. The number of piperazine rings is 1. The second kappa shape index (κ2) is 19.0. The van der Waals surface area contributed by atoms with Crippen molar-refractivity contribution in [3.63, 3.8) is 0 Å². The zero-order valence-electron chi connectivity index (χ0n) is 33.5. The first-order valence-electron chi connectivity index (χ1n) is 20.2. The number of ether oxygens (including phenoxy) is 1. The number of hydrogen-bond acceptors (Lipinski definition) is 10. The van der Waals surface area contributed by atoms with Gasteiger partial charge in [0.05, 0.1) is 31.3 Å². The third-order valence-electron chi connectivity index (χ3n) is 11.0. The molecule has 4 heterocycles. The highest BCUT2D eigenvalue weighted by Gasteiger charge is 2.51. The summed E-state index contributed by atoms with van der Waals surface area (Å²) < 4.78 is 11.0. The molecule has 14 nitrogen and oxygen atoms in total. The van der Waals surface area contributed by atoms with E-state index in [2.05, 4.69) is 31.3 Å². The Kier molecular flexibility index (Phi) is 13.9. The van der Waals surface area contributed by atoms with Crippen LogP contribution in [0.4, 0.5) is 0 Å². The summed E-state index contributed by atoms with van der Waals surface area (Å²) in [6, 6.07) is 16.9. The molecule has 6 atom stereocenters. The molecule has 306 valence electrons. The maximum Gasteiger partial charge on any atom is 0.246 e. The summed E-state index contributed by atoms with van der Waals surface area (Å²) in [5.74, 6) is -1.12. The minimum absolute atomic E-state index is 0.0742. The van der Waals surface area contributed by atoms with Crippen molar-refractivity contribution in [2.24, 2.45) is 5.92 Å². The van der Waals surface area contributed by atoms with Crippen molar-refractivity contribution in [2.75, 3.05) is 32.8 Å². The molecule has 0 spiro atoms. The van der Waals surface area contributed by atoms with Crippen LogP contribution >= 0.6 is 0 Å². The molecule has 14 heteroatoms. The molecule has 0 aliphatic carbocycles. The van der Waals surface area contributed by atoms with Crippen LogP contribution in [0.25, 0.3) is 0 Å². The average molecular weight is 784 g/mol. The Bertz CT molecular complexity index is 1840. The molecule has 0 saturated carbocycles. The molecule has 4 N–H and O–H groups in total. The van der Waals surface area contributed by atoms with E-state index in [1.165, 1.54) is 0 Å². The van der Waals surface area contributed by atoms with E-state index < -0.39 is 59.4 Å². The van der Waals surface area contributed by atoms with Crippen molar-refractivity contribution in [3.05, 3.63) is 89.3 Å². The molecule has 2 aromatic carbocycles. The molecule has 3 fully saturated rings. The van der Waals surface area contributed by atoms with Gasteiger partial charge in [0.15, 0.2) is 11.5 Å². The third-order valence-corrected chi connectivity index (χ3v) is 11.0. The Hall–Kier alpha value is -4.92. The van der Waals surface area contributed by atoms with Crippen LogP contribution in [-0.4, -0.2) is 113 Å². The number of aromatic nitrogens is 1. The van der Waals surface area contributed by atoms with Gasteiger partial charge in [-0.15, -0.1) is 0 Å². The zero-order chi connectivity index (χ0) is 40.5. The SMILES string of the molecule is CC(C)C[C@H](NC(=O)[C@H](Cc1ccccc1)N1C(=O)[C@@H](NC(=O)[C@H](CCc2ccccc2)NC(=O)Cc2cc(CN3CCNCC3)on2)CC1C)C(=O)C1(C)CO1. The minimum Gasteiger partial charge on any atom is -0.361 e. The number of rotatable bonds is 19. The minimum atomic E-state index is -0.945. The van der Waals surface area contributed by atoms with E-state index in [0.29, 0.717) is 43.9 Å². The van der Waals surface area contributed by atoms with E-state index in [0.717, 1.165) is 37.3 Å². The second-order valence-electron chi connectivity index (χ2n) is 16.3. The molecule has 3 aliphatic rings. The van der Waals surface area contributed by atoms with Crippen molar-refractivity contribution >= 4 is 29.4 Å². The van der Waals surface area contributed by atoms with E-state index in [1.807, 2.05) is 81.4 Å². The summed E-state index contributed by atoms with van der Waals surface area (Å²) in [5, 5.41) is 16.2. The summed E-state index contributed by atoms with van der Waals surface area (Å²) in [4.78, 5) is 73.2. The molecule has 4 amide bonds. The number of carbonyl (C=O) groups is 5. The van der Waals surface area contributed by atoms with Gasteiger partial charge in [0, 0.05) is 44.7 Å². The first kappa shape index (κ1) is 41.7. The molecule has 2 unspecified atom stereocenters. The molecule has 3 saturated heterocycles. The number of nitrogens with zero attached hydrogens (tertiary/aromatic N) is 3. The lowest BCUT2D eigenvalue weighted by molar-refractivity contribution is -0.142. The maximum atomic E-state index is 14.3. The van der Waals surface area contributed by atoms with E-state index in [1.54, 1.807) is 17.9 Å². The molecule has 57 heavy (non-hydrogen) atoms. The molecule has 3 aliphatic heterocycles. The molecule has 1 aromatic heterocycles. The van der Waals surface area contributed by atoms with Gasteiger partial charge in [0.2, 0.25) is 23.6 Å². The fourth-order valence-corrected chi connectivity index (χ4v) is 7.79. The maximum absolute atomic E-state index is 14.3. The topological polar surface area (TPSA) is 179 Å². The second-order valence-corrected chi connectivity index (χ2v) is 16.3. The fraction of sp³-hybridized carbons (Fsp3) is 0.535. The highest BCUT2D eigenvalue weighted by Crippen LogP contribution is 2.30. The van der Waals surface area contributed by atoms with Crippen LogP contribution in [0, 0.1) is 5.92 Å². The molecule has 0 radical (unpaired) electrons. The van der Waals surface area contributed by atoms with E-state index in [-0.39, 0.29) is 31.0 Å². The third kappa shape index (κ3) is 11.4. The number of ketones is 1. The Morgan fingerprint density at radius 2 is 1.61 bits per heavy atom. The van der Waals surface area contributed by atoms with Crippen LogP contribution in [0.15, 0.2) is 71.3 Å². The van der Waals surface area contributed by atoms with Gasteiger partial charge in [0.1, 0.15) is 23.7 Å². The first-order valence-corrected chi connectivity index (χ1v) is 20.2. The van der Waals surface area contributed by atoms with Crippen LogP contribution in [0.1, 0.15) is 69.5 Å². The van der Waals surface area contributed by atoms with Crippen molar-refractivity contribution in [2.45, 2.75) is 109 Å². The lowest BCUT2D eigenvalue weighted by Gasteiger charge is -2.33. The van der Waals surface area contributed by atoms with Gasteiger partial charge in [-0.25, -0.2) is 0 Å². The molecular weight excluding hydrogens is 727 g/mol. The normalized spacial score (nSPS) is 22.5. The van der Waals surface area contributed by atoms with Gasteiger partial charge in [-0.05, 0) is 56.6 Å². The average Bonchev–Trinajstić information content (AvgIpc) is 3.70. The van der Waals surface area contributed by atoms with Crippen molar-refractivity contribution in [1.29, 1.82) is 0 Å². The number of nitrogens with one attached hydrogen (secondary N) is 4. The number of aryl methyl sites for hydroxylation is 1. The number of amides is 4. The Labute approximate surface area is 334 Å². The predicted octanol–water partition coefficient (Wildman–Crippen LogP) is 2.35. The standard InChI is InChI=1S/C43H57N7O7/c1-28(2)21-35(39(52)43(4)27-56-43)46-41(54)37(23-31-13-9-6-10-14-31)50-29(3)22-36(42(50)55)47-40(53)34(16-15-30-11-7-5-8-12-30)45-38(51)25-32-24-33(57-48-32)26-49-19-17-44-18-20-49/h5-14,24,28-29,34-37,44H,15-23,25-27H2,1-4H3,(H,45,51)(H,46,54)(H,47,53)/t29?,34-,35-,36-,37-,43?/m0/s1. The van der Waals surface area contributed by atoms with Gasteiger partial charge in [-0.1, -0.05) is 79.7 Å². The molecule has 6 rings (SSSR count). The molecule has 0 bridgehead atoms. The lowest BCUT2D eigenvalue weighted by atomic mass is 9.92. The van der Waals surface area contributed by atoms with Gasteiger partial charge in [0.25, 0.3) is 0 Å². The summed E-state index contributed by atoms with van der Waals surface area (Å²) in [5.41, 5.74) is 1.39. The van der Waals surface area contributed by atoms with E-state index >= 15 is 0 Å². The van der Waals surface area contributed by atoms with Crippen LogP contribution in [0.5, 0.6) is 0 Å². The van der Waals surface area contributed by atoms with E-state index in [4.69, 9.17) is 9.26 Å². The zero-order valence-corrected chi connectivity index (χ0v) is 33.5. The summed E-state index contributed by atoms with van der Waals surface area (Å²) in [6.07, 6.45) is 1.63. The number of hydrogen-bond donors (Lipinski definition) is 4. The van der Waals surface area contributed by atoms with Crippen molar-refractivity contribution < 1.29 is 33.2 Å². The van der Waals surface area contributed by atoms with Gasteiger partial charge >= 0.3 is 0 Å². The Morgan fingerprint density at radius 1 is 0.947 bits per heavy atom. The molecular formula is C43H57N7O7. The van der Waals surface area contributed by atoms with Crippen molar-refractivity contribution in [1.82, 2.24) is 36.2 Å². The predicted molar refractivity (Wildman–Crippen MR) is 213 cm³/mol. The van der Waals surface area contributed by atoms with Crippen LogP contribution in [0.3, 0.4) is 0 Å². The lowest BCUT2D eigenvalue weighted by Crippen LogP contribution is -2.57. The number of benzene rings is 2. The number of carbonyl (C=O) groups excluding carboxylic acids is 5.